The summed E-state index contributed by atoms with van der Waals surface area (Å²) < 4.78 is 7.80. The molecule has 0 saturated carbocycles. The number of pyridine rings is 1. The van der Waals surface area contributed by atoms with E-state index >= 15 is 0 Å². The van der Waals surface area contributed by atoms with Gasteiger partial charge >= 0.3 is 0 Å². The summed E-state index contributed by atoms with van der Waals surface area (Å²) in [5.74, 6) is 0.786. The molecule has 3 heterocycles. The molecule has 0 spiro atoms. The molecule has 3 aromatic carbocycles. The molecule has 6 aromatic rings. The monoisotopic (exact) mass is 493 g/mol. The highest BCUT2D eigenvalue weighted by atomic mass is 32.1. The number of aromatic nitrogens is 3. The molecule has 0 unspecified atom stereocenters. The Bertz CT molecular complexity index is 1800. The number of para-hydroxylation sites is 1. The van der Waals surface area contributed by atoms with Crippen LogP contribution in [0.3, 0.4) is 0 Å². The Morgan fingerprint density at radius 3 is 2.29 bits per heavy atom. The fraction of sp³-hybridized carbons (Fsp3) is 0.0357. The molecule has 7 heteroatoms. The van der Waals surface area contributed by atoms with E-state index in [1.165, 1.54) is 11.3 Å². The van der Waals surface area contributed by atoms with Gasteiger partial charge in [0.15, 0.2) is 4.77 Å². The minimum atomic E-state index is -0.150. The summed E-state index contributed by atoms with van der Waals surface area (Å²) in [5, 5.41) is 0.900. The molecular formula is C28H19N3O2S2. The van der Waals surface area contributed by atoms with E-state index in [2.05, 4.69) is 23.2 Å². The first kappa shape index (κ1) is 21.5. The van der Waals surface area contributed by atoms with E-state index in [0.29, 0.717) is 9.47 Å². The molecule has 3 aromatic heterocycles. The van der Waals surface area contributed by atoms with Gasteiger partial charge in [-0.1, -0.05) is 48.5 Å². The lowest BCUT2D eigenvalue weighted by molar-refractivity contribution is 0.415. The van der Waals surface area contributed by atoms with Gasteiger partial charge in [0.2, 0.25) is 0 Å². The fourth-order valence-electron chi connectivity index (χ4n) is 4.29. The summed E-state index contributed by atoms with van der Waals surface area (Å²) in [6.45, 7) is 0. The number of nitrogens with zero attached hydrogens (tertiary/aromatic N) is 2. The Morgan fingerprint density at radius 1 is 0.914 bits per heavy atom. The third kappa shape index (κ3) is 3.65. The number of thiophene rings is 1. The van der Waals surface area contributed by atoms with Gasteiger partial charge in [0, 0.05) is 10.9 Å². The molecule has 0 aliphatic rings. The minimum Gasteiger partial charge on any atom is -0.497 e. The van der Waals surface area contributed by atoms with Gasteiger partial charge in [-0.2, -0.15) is 0 Å². The smallest absolute Gasteiger partial charge is 0.276 e. The van der Waals surface area contributed by atoms with E-state index in [-0.39, 0.29) is 5.56 Å². The third-order valence-corrected chi connectivity index (χ3v) is 7.34. The number of aromatic amines is 1. The highest BCUT2D eigenvalue weighted by Crippen LogP contribution is 2.39. The van der Waals surface area contributed by atoms with E-state index in [4.69, 9.17) is 21.9 Å². The molecule has 170 valence electrons. The standard InChI is InChI=1S/C28H19N3O2S2/c1-33-20-14-12-18(13-15-20)22-16-21(17-8-4-2-5-9-17)23-24-25(35-26(23)29-22)27(32)31(28(34)30-24)19-10-6-3-7-11-19/h2-16H,1H3,(H,30,34). The van der Waals surface area contributed by atoms with Crippen LogP contribution in [0, 0.1) is 4.77 Å². The highest BCUT2D eigenvalue weighted by Gasteiger charge is 2.19. The number of hydrogen-bond donors (Lipinski definition) is 1. The number of fused-ring (bicyclic) bond motifs is 3. The van der Waals surface area contributed by atoms with Crippen molar-refractivity contribution in [1.29, 1.82) is 0 Å². The summed E-state index contributed by atoms with van der Waals surface area (Å²) >= 11 is 7.03. The first-order valence-corrected chi connectivity index (χ1v) is 12.2. The molecule has 0 fully saturated rings. The summed E-state index contributed by atoms with van der Waals surface area (Å²) in [6, 6.07) is 29.5. The SMILES string of the molecule is COc1ccc(-c2cc(-c3ccccc3)c3c(n2)sc2c(=O)n(-c4ccccc4)c(=S)[nH]c23)cc1. The predicted molar refractivity (Wildman–Crippen MR) is 145 cm³/mol. The number of H-pyrrole nitrogens is 1. The molecule has 35 heavy (non-hydrogen) atoms. The van der Waals surface area contributed by atoms with Crippen molar-refractivity contribution in [3.63, 3.8) is 0 Å². The number of rotatable bonds is 4. The highest BCUT2D eigenvalue weighted by molar-refractivity contribution is 7.71. The fourth-order valence-corrected chi connectivity index (χ4v) is 5.67. The van der Waals surface area contributed by atoms with Crippen LogP contribution in [0.25, 0.3) is 48.5 Å². The lowest BCUT2D eigenvalue weighted by atomic mass is 10.00. The van der Waals surface area contributed by atoms with Gasteiger partial charge in [0.05, 0.1) is 24.0 Å². The third-order valence-electron chi connectivity index (χ3n) is 5.98. The zero-order chi connectivity index (χ0) is 23.9. The van der Waals surface area contributed by atoms with Crippen LogP contribution in [0.15, 0.2) is 95.8 Å². The number of hydrogen-bond acceptors (Lipinski definition) is 5. The molecule has 0 amide bonds. The van der Waals surface area contributed by atoms with E-state index in [1.54, 1.807) is 11.7 Å². The summed E-state index contributed by atoms with van der Waals surface area (Å²) in [4.78, 5) is 22.7. The lowest BCUT2D eigenvalue weighted by Crippen LogP contribution is -2.19. The Balaban J connectivity index is 1.69. The number of benzene rings is 3. The minimum absolute atomic E-state index is 0.150. The van der Waals surface area contributed by atoms with Gasteiger partial charge in [0.1, 0.15) is 15.3 Å². The van der Waals surface area contributed by atoms with Gasteiger partial charge in [-0.25, -0.2) is 4.98 Å². The average Bonchev–Trinajstić information content (AvgIpc) is 3.28. The largest absolute Gasteiger partial charge is 0.497 e. The predicted octanol–water partition coefficient (Wildman–Crippen LogP) is 7.00. The molecule has 0 radical (unpaired) electrons. The van der Waals surface area contributed by atoms with Crippen molar-refractivity contribution in [2.24, 2.45) is 0 Å². The molecule has 0 saturated heterocycles. The van der Waals surface area contributed by atoms with Crippen molar-refractivity contribution in [3.05, 3.63) is 106 Å². The van der Waals surface area contributed by atoms with Crippen LogP contribution < -0.4 is 10.3 Å². The molecule has 0 aliphatic carbocycles. The molecule has 0 aliphatic heterocycles. The first-order valence-electron chi connectivity index (χ1n) is 11.0. The van der Waals surface area contributed by atoms with E-state index in [0.717, 1.165) is 49.6 Å². The van der Waals surface area contributed by atoms with Crippen molar-refractivity contribution in [2.75, 3.05) is 7.11 Å². The van der Waals surface area contributed by atoms with Crippen molar-refractivity contribution in [2.45, 2.75) is 0 Å². The molecule has 6 rings (SSSR count). The van der Waals surface area contributed by atoms with Crippen LogP contribution in [0.1, 0.15) is 0 Å². The van der Waals surface area contributed by atoms with Crippen LogP contribution >= 0.6 is 23.6 Å². The normalized spacial score (nSPS) is 11.2. The maximum absolute atomic E-state index is 13.6. The second-order valence-corrected chi connectivity index (χ2v) is 9.43. The summed E-state index contributed by atoms with van der Waals surface area (Å²) in [6.07, 6.45) is 0. The van der Waals surface area contributed by atoms with Gasteiger partial charge in [-0.3, -0.25) is 9.36 Å². The lowest BCUT2D eigenvalue weighted by Gasteiger charge is -2.10. The van der Waals surface area contributed by atoms with E-state index in [9.17, 15) is 4.79 Å². The maximum Gasteiger partial charge on any atom is 0.276 e. The van der Waals surface area contributed by atoms with Gasteiger partial charge in [0.25, 0.3) is 5.56 Å². The van der Waals surface area contributed by atoms with Crippen LogP contribution in [0.2, 0.25) is 0 Å². The summed E-state index contributed by atoms with van der Waals surface area (Å²) in [7, 11) is 1.65. The van der Waals surface area contributed by atoms with Crippen molar-refractivity contribution in [3.8, 4) is 33.8 Å². The second-order valence-electron chi connectivity index (χ2n) is 8.04. The van der Waals surface area contributed by atoms with E-state index in [1.807, 2.05) is 72.8 Å². The molecular weight excluding hydrogens is 474 g/mol. The van der Waals surface area contributed by atoms with E-state index < -0.39 is 0 Å². The van der Waals surface area contributed by atoms with Crippen LogP contribution in [-0.4, -0.2) is 21.6 Å². The topological polar surface area (TPSA) is 59.9 Å². The van der Waals surface area contributed by atoms with Gasteiger partial charge in [-0.15, -0.1) is 11.3 Å². The zero-order valence-electron chi connectivity index (χ0n) is 18.7. The Kier molecular flexibility index (Phi) is 5.28. The Hall–Kier alpha value is -4.07. The molecule has 5 nitrogen and oxygen atoms in total. The Morgan fingerprint density at radius 2 is 1.60 bits per heavy atom. The maximum atomic E-state index is 13.6. The van der Waals surface area contributed by atoms with Crippen molar-refractivity contribution < 1.29 is 4.74 Å². The van der Waals surface area contributed by atoms with Crippen LogP contribution in [0.4, 0.5) is 0 Å². The number of nitrogens with one attached hydrogen (secondary N) is 1. The Labute approximate surface area is 209 Å². The summed E-state index contributed by atoms with van der Waals surface area (Å²) in [5.41, 5.74) is 5.14. The number of methoxy groups -OCH3 is 1. The van der Waals surface area contributed by atoms with Crippen molar-refractivity contribution >= 4 is 44.0 Å². The molecule has 0 bridgehead atoms. The first-order chi connectivity index (χ1) is 17.1. The van der Waals surface area contributed by atoms with Crippen LogP contribution in [-0.2, 0) is 0 Å². The molecule has 0 atom stereocenters. The average molecular weight is 494 g/mol. The zero-order valence-corrected chi connectivity index (χ0v) is 20.3. The van der Waals surface area contributed by atoms with Gasteiger partial charge < -0.3 is 9.72 Å². The number of ether oxygens (including phenoxy) is 1. The molecule has 1 N–H and O–H groups in total. The quantitative estimate of drug-likeness (QED) is 0.269. The van der Waals surface area contributed by atoms with Crippen molar-refractivity contribution in [1.82, 2.24) is 14.5 Å². The second kappa shape index (κ2) is 8.61. The van der Waals surface area contributed by atoms with Gasteiger partial charge in [-0.05, 0) is 65.8 Å². The van der Waals surface area contributed by atoms with Crippen LogP contribution in [0.5, 0.6) is 5.75 Å².